The molecule has 4 atom stereocenters. The molecule has 3 heterocycles. The molecule has 5 rings (SSSR count). The summed E-state index contributed by atoms with van der Waals surface area (Å²) in [7, 11) is 0. The molecule has 0 bridgehead atoms. The van der Waals surface area contributed by atoms with E-state index in [0.29, 0.717) is 36.0 Å². The van der Waals surface area contributed by atoms with Crippen molar-refractivity contribution < 1.29 is 28.7 Å². The Morgan fingerprint density at radius 3 is 2.49 bits per heavy atom. The smallest absolute Gasteiger partial charge is 0.254 e. The van der Waals surface area contributed by atoms with Crippen molar-refractivity contribution in [3.63, 3.8) is 0 Å². The molecule has 244 valence electrons. The second-order valence-electron chi connectivity index (χ2n) is 13.4. The minimum absolute atomic E-state index is 0.0599. The van der Waals surface area contributed by atoms with E-state index in [1.807, 2.05) is 20.8 Å². The zero-order valence-corrected chi connectivity index (χ0v) is 26.9. The molecule has 1 aliphatic carbocycles. The molecule has 2 amide bonds. The van der Waals surface area contributed by atoms with Crippen molar-refractivity contribution in [1.82, 2.24) is 20.3 Å². The highest BCUT2D eigenvalue weighted by molar-refractivity contribution is 5.91. The van der Waals surface area contributed by atoms with Crippen LogP contribution in [0.1, 0.15) is 88.6 Å². The standard InChI is InChI=1S/C34H47N5O6/c1-21(2)32(30-18-31(37-45-30)43-14-13-38-11-9-27(10-12-38)44-28-15-22(3)16-28)34(42)39-20-26(40)17-29(39)33(41)36-23(4)25-7-5-24(19-35)6-8-25/h5-8,18,21-23,26-29,32,40H,9-17,20H2,1-4H3,(H,36,41)/t22?,23-,26+,28?,29-,32+/m0/s1. The van der Waals surface area contributed by atoms with Crippen molar-refractivity contribution in [2.75, 3.05) is 32.8 Å². The van der Waals surface area contributed by atoms with Gasteiger partial charge in [-0.3, -0.25) is 14.5 Å². The molecule has 2 aliphatic heterocycles. The summed E-state index contributed by atoms with van der Waals surface area (Å²) in [6, 6.07) is 9.57. The molecular weight excluding hydrogens is 574 g/mol. The van der Waals surface area contributed by atoms with Gasteiger partial charge in [0.25, 0.3) is 5.88 Å². The molecular formula is C34H47N5O6. The Labute approximate surface area is 265 Å². The van der Waals surface area contributed by atoms with E-state index < -0.39 is 18.1 Å². The highest BCUT2D eigenvalue weighted by atomic mass is 16.5. The first-order valence-corrected chi connectivity index (χ1v) is 16.4. The van der Waals surface area contributed by atoms with Crippen LogP contribution in [-0.4, -0.2) is 89.0 Å². The van der Waals surface area contributed by atoms with Gasteiger partial charge in [0.15, 0.2) is 5.76 Å². The number of likely N-dealkylation sites (tertiary alicyclic amines) is 2. The van der Waals surface area contributed by atoms with E-state index in [-0.39, 0.29) is 36.7 Å². The summed E-state index contributed by atoms with van der Waals surface area (Å²) in [4.78, 5) is 31.1. The summed E-state index contributed by atoms with van der Waals surface area (Å²) in [6.45, 7) is 11.2. The third-order valence-corrected chi connectivity index (χ3v) is 9.42. The molecule has 0 unspecified atom stereocenters. The lowest BCUT2D eigenvalue weighted by molar-refractivity contribution is -0.141. The number of ether oxygens (including phenoxy) is 2. The lowest BCUT2D eigenvalue weighted by Gasteiger charge is -2.38. The highest BCUT2D eigenvalue weighted by Crippen LogP contribution is 2.33. The number of amides is 2. The summed E-state index contributed by atoms with van der Waals surface area (Å²) >= 11 is 0. The first-order chi connectivity index (χ1) is 21.6. The lowest BCUT2D eigenvalue weighted by Crippen LogP contribution is -2.48. The predicted molar refractivity (Wildman–Crippen MR) is 166 cm³/mol. The van der Waals surface area contributed by atoms with Crippen LogP contribution in [0.25, 0.3) is 0 Å². The molecule has 2 aromatic rings. The van der Waals surface area contributed by atoms with Gasteiger partial charge in [-0.1, -0.05) is 32.9 Å². The predicted octanol–water partition coefficient (Wildman–Crippen LogP) is 3.78. The number of β-amino-alcohol motifs (C(OH)–C–C–N with tert-alkyl or cyclic N) is 1. The van der Waals surface area contributed by atoms with Gasteiger partial charge >= 0.3 is 0 Å². The third-order valence-electron chi connectivity index (χ3n) is 9.42. The first-order valence-electron chi connectivity index (χ1n) is 16.4. The molecule has 1 aromatic carbocycles. The quantitative estimate of drug-likeness (QED) is 0.362. The van der Waals surface area contributed by atoms with Crippen molar-refractivity contribution in [3.8, 4) is 11.9 Å². The minimum atomic E-state index is -0.819. The average molecular weight is 622 g/mol. The van der Waals surface area contributed by atoms with Crippen LogP contribution in [0.15, 0.2) is 34.9 Å². The van der Waals surface area contributed by atoms with Gasteiger partial charge in [-0.25, -0.2) is 0 Å². The van der Waals surface area contributed by atoms with Crippen LogP contribution in [0.2, 0.25) is 0 Å². The molecule has 1 aromatic heterocycles. The molecule has 11 heteroatoms. The monoisotopic (exact) mass is 621 g/mol. The zero-order chi connectivity index (χ0) is 32.1. The Morgan fingerprint density at radius 1 is 1.13 bits per heavy atom. The average Bonchev–Trinajstić information content (AvgIpc) is 3.63. The summed E-state index contributed by atoms with van der Waals surface area (Å²) in [5.41, 5.74) is 1.37. The lowest BCUT2D eigenvalue weighted by atomic mass is 9.84. The Bertz CT molecular complexity index is 1330. The van der Waals surface area contributed by atoms with Crippen molar-refractivity contribution in [1.29, 1.82) is 5.26 Å². The van der Waals surface area contributed by atoms with Crippen LogP contribution < -0.4 is 10.1 Å². The SMILES string of the molecule is CC1CC(OC2CCN(CCOc3cc([C@H](C(=O)N4C[C@H](O)C[C@H]4C(=O)N[C@@H](C)c4ccc(C#N)cc4)C(C)C)on3)CC2)C1. The summed E-state index contributed by atoms with van der Waals surface area (Å²) in [6.07, 6.45) is 4.60. The van der Waals surface area contributed by atoms with Crippen LogP contribution in [0.3, 0.4) is 0 Å². The van der Waals surface area contributed by atoms with Gasteiger partial charge in [0.05, 0.1) is 36.0 Å². The van der Waals surface area contributed by atoms with Gasteiger partial charge in [-0.15, -0.1) is 0 Å². The van der Waals surface area contributed by atoms with Crippen LogP contribution in [0.4, 0.5) is 0 Å². The number of aliphatic hydroxyl groups is 1. The number of nitrogens with one attached hydrogen (secondary N) is 1. The number of benzene rings is 1. The van der Waals surface area contributed by atoms with Crippen LogP contribution >= 0.6 is 0 Å². The fourth-order valence-corrected chi connectivity index (χ4v) is 6.71. The summed E-state index contributed by atoms with van der Waals surface area (Å²) in [5.74, 6) is 0.0252. The number of rotatable bonds is 12. The molecule has 1 saturated carbocycles. The highest BCUT2D eigenvalue weighted by Gasteiger charge is 2.43. The molecule has 45 heavy (non-hydrogen) atoms. The number of piperidine rings is 1. The Kier molecular flexibility index (Phi) is 10.8. The van der Waals surface area contributed by atoms with Crippen molar-refractivity contribution in [3.05, 3.63) is 47.2 Å². The van der Waals surface area contributed by atoms with Gasteiger partial charge in [-0.05, 0) is 67.3 Å². The molecule has 0 spiro atoms. The number of nitriles is 1. The largest absolute Gasteiger partial charge is 0.474 e. The zero-order valence-electron chi connectivity index (χ0n) is 26.9. The van der Waals surface area contributed by atoms with Crippen LogP contribution in [0, 0.1) is 23.2 Å². The maximum atomic E-state index is 13.9. The van der Waals surface area contributed by atoms with Crippen molar-refractivity contribution >= 4 is 11.8 Å². The maximum absolute atomic E-state index is 13.9. The van der Waals surface area contributed by atoms with Crippen LogP contribution in [-0.2, 0) is 14.3 Å². The topological polar surface area (TPSA) is 141 Å². The Hall–Kier alpha value is -3.46. The number of aromatic nitrogens is 1. The fraction of sp³-hybridized carbons (Fsp3) is 0.647. The van der Waals surface area contributed by atoms with Gasteiger partial charge < -0.3 is 29.3 Å². The molecule has 3 fully saturated rings. The van der Waals surface area contributed by atoms with Crippen molar-refractivity contribution in [2.24, 2.45) is 11.8 Å². The molecule has 2 saturated heterocycles. The molecule has 2 N–H and O–H groups in total. The summed E-state index contributed by atoms with van der Waals surface area (Å²) in [5, 5.41) is 26.6. The maximum Gasteiger partial charge on any atom is 0.254 e. The van der Waals surface area contributed by atoms with E-state index in [9.17, 15) is 14.7 Å². The Balaban J connectivity index is 1.13. The van der Waals surface area contributed by atoms with Gasteiger partial charge in [0.2, 0.25) is 11.8 Å². The second-order valence-corrected chi connectivity index (χ2v) is 13.4. The third kappa shape index (κ3) is 8.23. The number of carbonyl (C=O) groups excluding carboxylic acids is 2. The summed E-state index contributed by atoms with van der Waals surface area (Å²) < 4.78 is 17.7. The van der Waals surface area contributed by atoms with E-state index in [2.05, 4.69) is 28.4 Å². The van der Waals surface area contributed by atoms with E-state index in [4.69, 9.17) is 19.3 Å². The van der Waals surface area contributed by atoms with Gasteiger partial charge in [-0.2, -0.15) is 5.26 Å². The van der Waals surface area contributed by atoms with Crippen molar-refractivity contribution in [2.45, 2.75) is 96.1 Å². The second kappa shape index (κ2) is 14.8. The minimum Gasteiger partial charge on any atom is -0.474 e. The number of aliphatic hydroxyl groups excluding tert-OH is 1. The van der Waals surface area contributed by atoms with Gasteiger partial charge in [0.1, 0.15) is 18.6 Å². The first kappa shape index (κ1) is 32.9. The van der Waals surface area contributed by atoms with E-state index >= 15 is 0 Å². The van der Waals surface area contributed by atoms with E-state index in [1.54, 1.807) is 30.3 Å². The number of hydrogen-bond acceptors (Lipinski definition) is 9. The molecule has 3 aliphatic rings. The van der Waals surface area contributed by atoms with E-state index in [0.717, 1.165) is 44.0 Å². The number of nitrogens with zero attached hydrogens (tertiary/aromatic N) is 4. The molecule has 0 radical (unpaired) electrons. The van der Waals surface area contributed by atoms with E-state index in [1.165, 1.54) is 17.7 Å². The number of hydrogen-bond donors (Lipinski definition) is 2. The Morgan fingerprint density at radius 2 is 1.84 bits per heavy atom. The van der Waals surface area contributed by atoms with Gasteiger partial charge in [0, 0.05) is 38.7 Å². The van der Waals surface area contributed by atoms with Crippen LogP contribution in [0.5, 0.6) is 5.88 Å². The fourth-order valence-electron chi connectivity index (χ4n) is 6.71. The normalized spacial score (nSPS) is 25.4. The number of carbonyl (C=O) groups is 2. The molecule has 11 nitrogen and oxygen atoms in total.